The lowest BCUT2D eigenvalue weighted by Crippen LogP contribution is -2.59. The molecule has 0 heterocycles. The molecule has 0 fully saturated rings. The Labute approximate surface area is 203 Å². The van der Waals surface area contributed by atoms with Crippen LogP contribution in [-0.4, -0.2) is 75.3 Å². The van der Waals surface area contributed by atoms with Gasteiger partial charge in [0.25, 0.3) is 0 Å². The number of aliphatic hydroxyl groups excluding tert-OH is 1. The Morgan fingerprint density at radius 2 is 1.43 bits per heavy atom. The van der Waals surface area contributed by atoms with E-state index < -0.39 is 66.4 Å². The van der Waals surface area contributed by atoms with E-state index in [1.807, 2.05) is 12.2 Å². The van der Waals surface area contributed by atoms with Crippen LogP contribution in [0.4, 0.5) is 0 Å². The molecule has 0 aliphatic heterocycles. The zero-order valence-corrected chi connectivity index (χ0v) is 19.9. The van der Waals surface area contributed by atoms with Crippen molar-refractivity contribution < 1.29 is 39.3 Å². The van der Waals surface area contributed by atoms with Crippen LogP contribution >= 0.6 is 0 Å². The van der Waals surface area contributed by atoms with Crippen molar-refractivity contribution in [3.8, 4) is 0 Å². The number of aliphatic carboxylic acids is 2. The number of hydrogen-bond donors (Lipinski definition) is 7. The number of benzene rings is 1. The van der Waals surface area contributed by atoms with Gasteiger partial charge in [-0.15, -0.1) is 0 Å². The minimum Gasteiger partial charge on any atom is -0.481 e. The van der Waals surface area contributed by atoms with Gasteiger partial charge in [0, 0.05) is 6.42 Å². The van der Waals surface area contributed by atoms with Crippen LogP contribution in [0.1, 0.15) is 39.2 Å². The monoisotopic (exact) mass is 494 g/mol. The molecule has 12 nitrogen and oxygen atoms in total. The second-order valence-electron chi connectivity index (χ2n) is 8.39. The summed E-state index contributed by atoms with van der Waals surface area (Å²) in [6, 6.07) is 3.21. The molecule has 194 valence electrons. The Balaban J connectivity index is 3.14. The third-order valence-corrected chi connectivity index (χ3v) is 5.53. The highest BCUT2D eigenvalue weighted by molar-refractivity contribution is 5.95. The highest BCUT2D eigenvalue weighted by atomic mass is 16.4. The molecule has 0 spiro atoms. The lowest BCUT2D eigenvalue weighted by Gasteiger charge is -2.26. The average molecular weight is 495 g/mol. The third kappa shape index (κ3) is 9.71. The van der Waals surface area contributed by atoms with E-state index in [1.54, 1.807) is 37.3 Å². The summed E-state index contributed by atoms with van der Waals surface area (Å²) in [7, 11) is 0. The maximum absolute atomic E-state index is 13.1. The van der Waals surface area contributed by atoms with Gasteiger partial charge in [-0.2, -0.15) is 0 Å². The highest BCUT2D eigenvalue weighted by Crippen LogP contribution is 2.09. The topological polar surface area (TPSA) is 208 Å². The lowest BCUT2D eigenvalue weighted by molar-refractivity contribution is -0.146. The van der Waals surface area contributed by atoms with Crippen LogP contribution in [0, 0.1) is 5.92 Å². The predicted octanol–water partition coefficient (Wildman–Crippen LogP) is -1.00. The largest absolute Gasteiger partial charge is 0.481 e. The SMILES string of the molecule is CCC(C)C(N)C(=O)NC(Cc1ccccc1)C(=O)NC(CC(=O)O)C(=O)NC(C(=O)O)C(C)O. The first-order valence-corrected chi connectivity index (χ1v) is 11.2. The number of nitrogens with one attached hydrogen (secondary N) is 3. The molecule has 35 heavy (non-hydrogen) atoms. The quantitative estimate of drug-likeness (QED) is 0.169. The van der Waals surface area contributed by atoms with Gasteiger partial charge < -0.3 is 37.0 Å². The van der Waals surface area contributed by atoms with E-state index in [4.69, 9.17) is 10.8 Å². The van der Waals surface area contributed by atoms with Crippen molar-refractivity contribution in [3.05, 3.63) is 35.9 Å². The van der Waals surface area contributed by atoms with Crippen LogP contribution in [0.2, 0.25) is 0 Å². The molecule has 12 heteroatoms. The number of hydrogen-bond acceptors (Lipinski definition) is 7. The minimum atomic E-state index is -1.72. The van der Waals surface area contributed by atoms with Gasteiger partial charge in [-0.05, 0) is 18.4 Å². The van der Waals surface area contributed by atoms with Gasteiger partial charge in [-0.25, -0.2) is 4.79 Å². The number of carboxylic acids is 2. The zero-order valence-electron chi connectivity index (χ0n) is 19.9. The molecular formula is C23H34N4O8. The molecule has 6 atom stereocenters. The van der Waals surface area contributed by atoms with Gasteiger partial charge in [0.05, 0.1) is 18.6 Å². The fraction of sp³-hybridized carbons (Fsp3) is 0.522. The molecular weight excluding hydrogens is 460 g/mol. The van der Waals surface area contributed by atoms with E-state index in [1.165, 1.54) is 0 Å². The first kappa shape index (κ1) is 29.5. The van der Waals surface area contributed by atoms with Gasteiger partial charge in [0.15, 0.2) is 6.04 Å². The molecule has 0 saturated carbocycles. The number of carbonyl (C=O) groups excluding carboxylic acids is 3. The van der Waals surface area contributed by atoms with Crippen LogP contribution < -0.4 is 21.7 Å². The average Bonchev–Trinajstić information content (AvgIpc) is 2.80. The first-order chi connectivity index (χ1) is 16.4. The summed E-state index contributed by atoms with van der Waals surface area (Å²) in [6.07, 6.45) is -1.69. The molecule has 3 amide bonds. The van der Waals surface area contributed by atoms with Crippen molar-refractivity contribution in [2.75, 3.05) is 0 Å². The summed E-state index contributed by atoms with van der Waals surface area (Å²) in [6.45, 7) is 4.78. The smallest absolute Gasteiger partial charge is 0.328 e. The molecule has 0 saturated heterocycles. The molecule has 8 N–H and O–H groups in total. The highest BCUT2D eigenvalue weighted by Gasteiger charge is 2.33. The van der Waals surface area contributed by atoms with Crippen molar-refractivity contribution >= 4 is 29.7 Å². The maximum Gasteiger partial charge on any atom is 0.328 e. The van der Waals surface area contributed by atoms with Crippen molar-refractivity contribution in [3.63, 3.8) is 0 Å². The van der Waals surface area contributed by atoms with Crippen LogP contribution in [0.5, 0.6) is 0 Å². The molecule has 6 unspecified atom stereocenters. The fourth-order valence-corrected chi connectivity index (χ4v) is 3.14. The van der Waals surface area contributed by atoms with Crippen LogP contribution in [0.3, 0.4) is 0 Å². The molecule has 0 aliphatic carbocycles. The third-order valence-electron chi connectivity index (χ3n) is 5.53. The number of rotatable bonds is 14. The normalized spacial score (nSPS) is 16.0. The number of aliphatic hydroxyl groups is 1. The summed E-state index contributed by atoms with van der Waals surface area (Å²) in [5, 5.41) is 34.8. The van der Waals surface area contributed by atoms with E-state index in [2.05, 4.69) is 10.6 Å². The minimum absolute atomic E-state index is 0.0263. The number of carboxylic acid groups (broad SMARTS) is 2. The van der Waals surface area contributed by atoms with E-state index in [-0.39, 0.29) is 12.3 Å². The Hall–Kier alpha value is -3.51. The van der Waals surface area contributed by atoms with Crippen molar-refractivity contribution in [2.45, 2.75) is 70.3 Å². The van der Waals surface area contributed by atoms with Gasteiger partial charge >= 0.3 is 11.9 Å². The lowest BCUT2D eigenvalue weighted by atomic mass is 9.98. The summed E-state index contributed by atoms with van der Waals surface area (Å²) in [4.78, 5) is 60.9. The Kier molecular flexibility index (Phi) is 11.8. The molecule has 1 aromatic carbocycles. The molecule has 0 aromatic heterocycles. The number of amides is 3. The Morgan fingerprint density at radius 1 is 0.886 bits per heavy atom. The summed E-state index contributed by atoms with van der Waals surface area (Å²) < 4.78 is 0. The van der Waals surface area contributed by atoms with Crippen LogP contribution in [0.15, 0.2) is 30.3 Å². The van der Waals surface area contributed by atoms with Crippen LogP contribution in [0.25, 0.3) is 0 Å². The summed E-state index contributed by atoms with van der Waals surface area (Å²) in [5.74, 6) is -5.71. The van der Waals surface area contributed by atoms with E-state index in [0.717, 1.165) is 6.92 Å². The van der Waals surface area contributed by atoms with Crippen molar-refractivity contribution in [1.82, 2.24) is 16.0 Å². The predicted molar refractivity (Wildman–Crippen MR) is 125 cm³/mol. The Morgan fingerprint density at radius 3 is 1.91 bits per heavy atom. The second kappa shape index (κ2) is 14.0. The summed E-state index contributed by atoms with van der Waals surface area (Å²) >= 11 is 0. The van der Waals surface area contributed by atoms with Gasteiger partial charge in [0.2, 0.25) is 17.7 Å². The molecule has 1 rings (SSSR count). The van der Waals surface area contributed by atoms with Gasteiger partial charge in [-0.3, -0.25) is 19.2 Å². The zero-order chi connectivity index (χ0) is 26.7. The van der Waals surface area contributed by atoms with E-state index in [9.17, 15) is 34.2 Å². The first-order valence-electron chi connectivity index (χ1n) is 11.2. The maximum atomic E-state index is 13.1. The number of carbonyl (C=O) groups is 5. The van der Waals surface area contributed by atoms with Crippen molar-refractivity contribution in [2.24, 2.45) is 11.7 Å². The fourth-order valence-electron chi connectivity index (χ4n) is 3.14. The van der Waals surface area contributed by atoms with E-state index >= 15 is 0 Å². The molecule has 0 aliphatic rings. The van der Waals surface area contributed by atoms with E-state index in [0.29, 0.717) is 12.0 Å². The molecule has 0 bridgehead atoms. The standard InChI is InChI=1S/C23H34N4O8/c1-4-12(2)18(24)22(33)26-15(10-14-8-6-5-7-9-14)20(31)25-16(11-17(29)30)21(32)27-19(13(3)28)23(34)35/h5-9,12-13,15-16,18-19,28H,4,10-11,24H2,1-3H3,(H,25,31)(H,26,33)(H,27,32)(H,29,30)(H,34,35). The second-order valence-corrected chi connectivity index (χ2v) is 8.39. The van der Waals surface area contributed by atoms with Gasteiger partial charge in [0.1, 0.15) is 12.1 Å². The van der Waals surface area contributed by atoms with Crippen molar-refractivity contribution in [1.29, 1.82) is 0 Å². The summed E-state index contributed by atoms with van der Waals surface area (Å²) in [5.41, 5.74) is 6.66. The van der Waals surface area contributed by atoms with Crippen LogP contribution in [-0.2, 0) is 30.4 Å². The van der Waals surface area contributed by atoms with Gasteiger partial charge in [-0.1, -0.05) is 50.6 Å². The number of nitrogens with two attached hydrogens (primary N) is 1. The Bertz CT molecular complexity index is 893. The molecule has 0 radical (unpaired) electrons. The molecule has 1 aromatic rings.